The maximum absolute atomic E-state index is 13.0. The van der Waals surface area contributed by atoms with Crippen molar-refractivity contribution in [3.63, 3.8) is 0 Å². The van der Waals surface area contributed by atoms with Gasteiger partial charge in [-0.1, -0.05) is 12.1 Å². The van der Waals surface area contributed by atoms with E-state index in [0.29, 0.717) is 34.3 Å². The van der Waals surface area contributed by atoms with Gasteiger partial charge in [0.05, 0.1) is 10.5 Å². The third-order valence-corrected chi connectivity index (χ3v) is 5.94. The highest BCUT2D eigenvalue weighted by Gasteiger charge is 2.36. The molecule has 0 spiro atoms. The number of imide groups is 1. The number of halogens is 1. The van der Waals surface area contributed by atoms with Gasteiger partial charge in [-0.3, -0.25) is 19.3 Å². The number of benzene rings is 2. The average Bonchev–Trinajstić information content (AvgIpc) is 3.35. The Morgan fingerprint density at radius 3 is 2.56 bits per heavy atom. The van der Waals surface area contributed by atoms with Crippen LogP contribution in [0.4, 0.5) is 14.9 Å². The number of aromatic carboxylic acids is 1. The van der Waals surface area contributed by atoms with E-state index >= 15 is 0 Å². The molecule has 3 amide bonds. The molecule has 10 heteroatoms. The summed E-state index contributed by atoms with van der Waals surface area (Å²) in [4.78, 5) is 49.5. The minimum Gasteiger partial charge on any atom is -0.478 e. The van der Waals surface area contributed by atoms with Crippen LogP contribution in [0.2, 0.25) is 0 Å². The number of thioether (sulfide) groups is 1. The van der Waals surface area contributed by atoms with Gasteiger partial charge in [-0.15, -0.1) is 0 Å². The molecule has 1 aromatic heterocycles. The molecule has 1 aliphatic rings. The smallest absolute Gasteiger partial charge is 0.335 e. The number of carbonyl (C=O) groups is 4. The number of hydrogen-bond donors (Lipinski definition) is 2. The lowest BCUT2D eigenvalue weighted by Gasteiger charge is -2.12. The fourth-order valence-corrected chi connectivity index (χ4v) is 4.17. The molecular formula is C24H17FN2O6S. The predicted octanol–water partition coefficient (Wildman–Crippen LogP) is 4.77. The zero-order chi connectivity index (χ0) is 24.4. The molecule has 3 aromatic rings. The van der Waals surface area contributed by atoms with Gasteiger partial charge >= 0.3 is 5.97 Å². The number of nitrogens with zero attached hydrogens (tertiary/aromatic N) is 1. The highest BCUT2D eigenvalue weighted by atomic mass is 32.2. The maximum Gasteiger partial charge on any atom is 0.335 e. The average molecular weight is 480 g/mol. The number of carboxylic acids is 1. The molecular weight excluding hydrogens is 463 g/mol. The molecule has 1 saturated heterocycles. The number of carboxylic acid groups (broad SMARTS) is 1. The molecule has 4 rings (SSSR count). The van der Waals surface area contributed by atoms with E-state index in [1.807, 2.05) is 0 Å². The molecule has 2 N–H and O–H groups in total. The van der Waals surface area contributed by atoms with Crippen molar-refractivity contribution in [3.05, 3.63) is 82.2 Å². The van der Waals surface area contributed by atoms with Gasteiger partial charge in [0, 0.05) is 17.3 Å². The first-order chi connectivity index (χ1) is 16.2. The number of amides is 3. The molecule has 1 aliphatic heterocycles. The lowest BCUT2D eigenvalue weighted by Crippen LogP contribution is -2.36. The number of carbonyl (C=O) groups excluding carboxylic acids is 3. The number of nitrogens with one attached hydrogen (secondary N) is 1. The van der Waals surface area contributed by atoms with Crippen LogP contribution in [0.25, 0.3) is 17.4 Å². The Morgan fingerprint density at radius 1 is 1.12 bits per heavy atom. The van der Waals surface area contributed by atoms with E-state index in [0.717, 1.165) is 4.90 Å². The van der Waals surface area contributed by atoms with Crippen LogP contribution in [0.1, 0.15) is 21.7 Å². The first kappa shape index (κ1) is 23.0. The summed E-state index contributed by atoms with van der Waals surface area (Å²) in [5.41, 5.74) is 1.60. The van der Waals surface area contributed by atoms with E-state index in [1.54, 1.807) is 31.2 Å². The minimum atomic E-state index is -1.05. The summed E-state index contributed by atoms with van der Waals surface area (Å²) in [6, 6.07) is 13.1. The van der Waals surface area contributed by atoms with Gasteiger partial charge in [0.1, 0.15) is 23.9 Å². The molecule has 0 atom stereocenters. The van der Waals surface area contributed by atoms with Crippen molar-refractivity contribution >= 4 is 46.5 Å². The van der Waals surface area contributed by atoms with Crippen molar-refractivity contribution in [2.75, 3.05) is 11.9 Å². The number of furan rings is 1. The summed E-state index contributed by atoms with van der Waals surface area (Å²) >= 11 is 0.673. The standard InChI is InChI=1S/C24H17FN2O6S/c1-13-17(3-2-4-18(13)23(30)31)19-10-9-16(33-19)11-20-22(29)27(24(32)34-20)12-21(28)26-15-7-5-14(25)6-8-15/h2-11H,12H2,1H3,(H,26,28)(H,30,31)/b20-11+. The molecule has 1 fully saturated rings. The molecule has 0 saturated carbocycles. The number of hydrogen-bond acceptors (Lipinski definition) is 6. The third-order valence-electron chi connectivity index (χ3n) is 5.03. The molecule has 0 aliphatic carbocycles. The molecule has 0 unspecified atom stereocenters. The first-order valence-electron chi connectivity index (χ1n) is 9.97. The van der Waals surface area contributed by atoms with Crippen molar-refractivity contribution in [2.24, 2.45) is 0 Å². The fraction of sp³-hybridized carbons (Fsp3) is 0.0833. The Kier molecular flexibility index (Phi) is 6.33. The van der Waals surface area contributed by atoms with Crippen LogP contribution in [0.5, 0.6) is 0 Å². The second-order valence-corrected chi connectivity index (χ2v) is 8.30. The van der Waals surface area contributed by atoms with Crippen LogP contribution in [0.3, 0.4) is 0 Å². The molecule has 0 bridgehead atoms. The van der Waals surface area contributed by atoms with Crippen molar-refractivity contribution in [1.29, 1.82) is 0 Å². The van der Waals surface area contributed by atoms with Crippen molar-refractivity contribution in [2.45, 2.75) is 6.92 Å². The Balaban J connectivity index is 1.48. The highest BCUT2D eigenvalue weighted by molar-refractivity contribution is 8.18. The van der Waals surface area contributed by atoms with E-state index < -0.39 is 35.4 Å². The van der Waals surface area contributed by atoms with Crippen LogP contribution < -0.4 is 5.32 Å². The molecule has 8 nitrogen and oxygen atoms in total. The summed E-state index contributed by atoms with van der Waals surface area (Å²) in [5, 5.41) is 11.2. The summed E-state index contributed by atoms with van der Waals surface area (Å²) in [5.74, 6) is -2.07. The van der Waals surface area contributed by atoms with E-state index in [9.17, 15) is 28.7 Å². The van der Waals surface area contributed by atoms with Gasteiger partial charge < -0.3 is 14.8 Å². The quantitative estimate of drug-likeness (QED) is 0.488. The van der Waals surface area contributed by atoms with Crippen LogP contribution in [0.15, 0.2) is 63.9 Å². The summed E-state index contributed by atoms with van der Waals surface area (Å²) in [6.45, 7) is 1.17. The topological polar surface area (TPSA) is 117 Å². The maximum atomic E-state index is 13.0. The summed E-state index contributed by atoms with van der Waals surface area (Å²) in [7, 11) is 0. The van der Waals surface area contributed by atoms with Gasteiger partial charge in [0.15, 0.2) is 0 Å². The zero-order valence-electron chi connectivity index (χ0n) is 17.7. The number of rotatable bonds is 6. The normalized spacial score (nSPS) is 14.6. The lowest BCUT2D eigenvalue weighted by molar-refractivity contribution is -0.127. The highest BCUT2D eigenvalue weighted by Crippen LogP contribution is 2.34. The molecule has 0 radical (unpaired) electrons. The fourth-order valence-electron chi connectivity index (χ4n) is 3.35. The first-order valence-corrected chi connectivity index (χ1v) is 10.8. The van der Waals surface area contributed by atoms with Gasteiger partial charge in [-0.25, -0.2) is 9.18 Å². The monoisotopic (exact) mass is 480 g/mol. The SMILES string of the molecule is Cc1c(C(=O)O)cccc1-c1ccc(/C=C2/SC(=O)N(CC(=O)Nc3ccc(F)cc3)C2=O)o1. The van der Waals surface area contributed by atoms with Crippen molar-refractivity contribution in [1.82, 2.24) is 4.90 Å². The van der Waals surface area contributed by atoms with Gasteiger partial charge in [0.2, 0.25) is 5.91 Å². The Labute approximate surface area is 197 Å². The van der Waals surface area contributed by atoms with Crippen molar-refractivity contribution < 1.29 is 33.1 Å². The summed E-state index contributed by atoms with van der Waals surface area (Å²) < 4.78 is 18.8. The van der Waals surface area contributed by atoms with Gasteiger partial charge in [-0.05, 0) is 66.7 Å². The number of anilines is 1. The third kappa shape index (κ3) is 4.76. The van der Waals surface area contributed by atoms with Crippen LogP contribution >= 0.6 is 11.8 Å². The minimum absolute atomic E-state index is 0.0801. The Bertz CT molecular complexity index is 1350. The second-order valence-electron chi connectivity index (χ2n) is 7.31. The van der Waals surface area contributed by atoms with E-state index in [4.69, 9.17) is 4.42 Å². The lowest BCUT2D eigenvalue weighted by atomic mass is 10.0. The van der Waals surface area contributed by atoms with E-state index in [1.165, 1.54) is 36.4 Å². The van der Waals surface area contributed by atoms with Gasteiger partial charge in [0.25, 0.3) is 11.1 Å². The van der Waals surface area contributed by atoms with E-state index in [-0.39, 0.29) is 16.2 Å². The van der Waals surface area contributed by atoms with Crippen LogP contribution in [0, 0.1) is 12.7 Å². The summed E-state index contributed by atoms with van der Waals surface area (Å²) in [6.07, 6.45) is 1.39. The Hall–Kier alpha value is -4.18. The predicted molar refractivity (Wildman–Crippen MR) is 124 cm³/mol. The second kappa shape index (κ2) is 9.36. The molecule has 2 aromatic carbocycles. The van der Waals surface area contributed by atoms with Gasteiger partial charge in [-0.2, -0.15) is 0 Å². The molecule has 34 heavy (non-hydrogen) atoms. The molecule has 172 valence electrons. The largest absolute Gasteiger partial charge is 0.478 e. The zero-order valence-corrected chi connectivity index (χ0v) is 18.5. The van der Waals surface area contributed by atoms with Crippen LogP contribution in [-0.2, 0) is 9.59 Å². The van der Waals surface area contributed by atoms with Crippen LogP contribution in [-0.4, -0.2) is 39.6 Å². The van der Waals surface area contributed by atoms with E-state index in [2.05, 4.69) is 5.32 Å². The Morgan fingerprint density at radius 2 is 1.85 bits per heavy atom. The molecule has 2 heterocycles. The van der Waals surface area contributed by atoms with Crippen molar-refractivity contribution in [3.8, 4) is 11.3 Å².